The van der Waals surface area contributed by atoms with E-state index in [1.165, 1.54) is 26.3 Å². The number of nitrogens with zero attached hydrogens (tertiary/aromatic N) is 1. The molecule has 0 aliphatic carbocycles. The van der Waals surface area contributed by atoms with E-state index in [9.17, 15) is 18.0 Å². The highest BCUT2D eigenvalue weighted by Gasteiger charge is 2.30. The van der Waals surface area contributed by atoms with E-state index in [2.05, 4.69) is 10.5 Å². The van der Waals surface area contributed by atoms with E-state index in [0.29, 0.717) is 11.1 Å². The summed E-state index contributed by atoms with van der Waals surface area (Å²) in [6.07, 6.45) is -4.40. The average Bonchev–Trinajstić information content (AvgIpc) is 2.64. The Balaban J connectivity index is 2.20. The number of hydrogen-bond donors (Lipinski definition) is 1. The minimum atomic E-state index is -4.40. The fourth-order valence-corrected chi connectivity index (χ4v) is 2.20. The highest BCUT2D eigenvalue weighted by molar-refractivity contribution is 6.45. The number of rotatable bonds is 6. The minimum Gasteiger partial charge on any atom is -0.489 e. The number of benzene rings is 2. The zero-order chi connectivity index (χ0) is 19.2. The maximum Gasteiger partial charge on any atom is 0.416 e. The summed E-state index contributed by atoms with van der Waals surface area (Å²) in [6, 6.07) is 11.3. The van der Waals surface area contributed by atoms with Crippen LogP contribution in [0, 0.1) is 0 Å². The molecule has 26 heavy (non-hydrogen) atoms. The molecule has 0 atom stereocenters. The number of halogens is 3. The van der Waals surface area contributed by atoms with Gasteiger partial charge in [-0.05, 0) is 29.8 Å². The summed E-state index contributed by atoms with van der Waals surface area (Å²) in [7, 11) is 2.79. The molecule has 1 N–H and O–H groups in total. The Morgan fingerprint density at radius 2 is 1.77 bits per heavy atom. The molecule has 2 aromatic carbocycles. The van der Waals surface area contributed by atoms with Crippen LogP contribution in [0.1, 0.15) is 16.7 Å². The lowest BCUT2D eigenvalue weighted by atomic mass is 10.0. The maximum absolute atomic E-state index is 12.6. The molecule has 0 spiro atoms. The third-order valence-electron chi connectivity index (χ3n) is 3.47. The first-order chi connectivity index (χ1) is 12.4. The summed E-state index contributed by atoms with van der Waals surface area (Å²) in [5, 5.41) is 6.22. The van der Waals surface area contributed by atoms with E-state index >= 15 is 0 Å². The fraction of sp³-hybridized carbons (Fsp3) is 0.222. The summed E-state index contributed by atoms with van der Waals surface area (Å²) in [5.41, 5.74) is 0.452. The molecule has 0 radical (unpaired) electrons. The van der Waals surface area contributed by atoms with Crippen LogP contribution < -0.4 is 10.1 Å². The second-order valence-corrected chi connectivity index (χ2v) is 5.17. The molecule has 1 amide bonds. The van der Waals surface area contributed by atoms with Gasteiger partial charge in [-0.2, -0.15) is 13.2 Å². The van der Waals surface area contributed by atoms with Crippen molar-refractivity contribution in [2.75, 3.05) is 14.2 Å². The van der Waals surface area contributed by atoms with Gasteiger partial charge in [0.1, 0.15) is 19.5 Å². The van der Waals surface area contributed by atoms with Gasteiger partial charge < -0.3 is 14.9 Å². The Kier molecular flexibility index (Phi) is 6.21. The Hall–Kier alpha value is -3.03. The van der Waals surface area contributed by atoms with Crippen LogP contribution in [0.5, 0.6) is 5.75 Å². The third-order valence-corrected chi connectivity index (χ3v) is 3.47. The molecule has 8 heteroatoms. The number of likely N-dealkylation sites (N-methyl/N-ethyl adjacent to an activating group) is 1. The number of amides is 1. The largest absolute Gasteiger partial charge is 0.489 e. The van der Waals surface area contributed by atoms with Crippen molar-refractivity contribution in [1.82, 2.24) is 5.32 Å². The number of alkyl halides is 3. The van der Waals surface area contributed by atoms with E-state index in [1.54, 1.807) is 24.3 Å². The number of ether oxygens (including phenoxy) is 1. The molecule has 0 saturated heterocycles. The predicted octanol–water partition coefficient (Wildman–Crippen LogP) is 3.38. The van der Waals surface area contributed by atoms with Crippen LogP contribution in [-0.4, -0.2) is 25.8 Å². The Labute approximate surface area is 148 Å². The monoisotopic (exact) mass is 366 g/mol. The SMILES string of the molecule is CNC(=O)/C(=N\OC)c1ccccc1COc1ccc(C(F)(F)F)cc1. The van der Waals surface area contributed by atoms with Crippen molar-refractivity contribution in [3.8, 4) is 5.75 Å². The van der Waals surface area contributed by atoms with Crippen molar-refractivity contribution in [2.24, 2.45) is 5.16 Å². The Morgan fingerprint density at radius 1 is 1.12 bits per heavy atom. The van der Waals surface area contributed by atoms with Gasteiger partial charge in [0.2, 0.25) is 0 Å². The minimum absolute atomic E-state index is 0.0429. The normalized spacial score (nSPS) is 11.8. The number of carbonyl (C=O) groups excluding carboxylic acids is 1. The molecule has 0 saturated carbocycles. The van der Waals surface area contributed by atoms with Crippen LogP contribution in [0.2, 0.25) is 0 Å². The van der Waals surface area contributed by atoms with Crippen LogP contribution >= 0.6 is 0 Å². The standard InChI is InChI=1S/C18H17F3N2O3/c1-22-17(24)16(23-25-2)15-6-4-3-5-12(15)11-26-14-9-7-13(8-10-14)18(19,20)21/h3-10H,11H2,1-2H3,(H,22,24)/b23-16-. The third kappa shape index (κ3) is 4.75. The molecule has 0 aliphatic heterocycles. The van der Waals surface area contributed by atoms with E-state index in [4.69, 9.17) is 9.57 Å². The van der Waals surface area contributed by atoms with Crippen molar-refractivity contribution in [3.63, 3.8) is 0 Å². The number of oxime groups is 1. The number of hydrogen-bond acceptors (Lipinski definition) is 4. The molecule has 0 bridgehead atoms. The van der Waals surface area contributed by atoms with Crippen molar-refractivity contribution in [1.29, 1.82) is 0 Å². The lowest BCUT2D eigenvalue weighted by molar-refractivity contribution is -0.137. The lowest BCUT2D eigenvalue weighted by Crippen LogP contribution is -2.29. The van der Waals surface area contributed by atoms with Gasteiger partial charge in [0, 0.05) is 12.6 Å². The molecule has 0 unspecified atom stereocenters. The molecule has 138 valence electrons. The molecule has 0 heterocycles. The van der Waals surface area contributed by atoms with Gasteiger partial charge in [-0.15, -0.1) is 0 Å². The van der Waals surface area contributed by atoms with E-state index in [0.717, 1.165) is 12.1 Å². The van der Waals surface area contributed by atoms with Crippen molar-refractivity contribution < 1.29 is 27.5 Å². The maximum atomic E-state index is 12.6. The fourth-order valence-electron chi connectivity index (χ4n) is 2.20. The highest BCUT2D eigenvalue weighted by atomic mass is 19.4. The molecule has 2 rings (SSSR count). The predicted molar refractivity (Wildman–Crippen MR) is 89.8 cm³/mol. The van der Waals surface area contributed by atoms with Gasteiger partial charge in [-0.3, -0.25) is 4.79 Å². The first-order valence-electron chi connectivity index (χ1n) is 7.58. The number of carbonyl (C=O) groups is 1. The smallest absolute Gasteiger partial charge is 0.416 e. The number of nitrogens with one attached hydrogen (secondary N) is 1. The summed E-state index contributed by atoms with van der Waals surface area (Å²) >= 11 is 0. The van der Waals surface area contributed by atoms with Crippen LogP contribution in [0.3, 0.4) is 0 Å². The lowest BCUT2D eigenvalue weighted by Gasteiger charge is -2.13. The van der Waals surface area contributed by atoms with Gasteiger partial charge in [0.05, 0.1) is 5.56 Å². The Bertz CT molecular complexity index is 787. The molecular formula is C18H17F3N2O3. The molecule has 5 nitrogen and oxygen atoms in total. The molecule has 0 aliphatic rings. The summed E-state index contributed by atoms with van der Waals surface area (Å²) < 4.78 is 43.3. The summed E-state index contributed by atoms with van der Waals surface area (Å²) in [6.45, 7) is 0.0429. The molecule has 0 aromatic heterocycles. The quantitative estimate of drug-likeness (QED) is 0.630. The van der Waals surface area contributed by atoms with E-state index < -0.39 is 17.6 Å². The van der Waals surface area contributed by atoms with Gasteiger partial charge in [-0.25, -0.2) is 0 Å². The van der Waals surface area contributed by atoms with Crippen molar-refractivity contribution >= 4 is 11.6 Å². The van der Waals surface area contributed by atoms with Gasteiger partial charge in [0.25, 0.3) is 5.91 Å². The van der Waals surface area contributed by atoms with Crippen LogP contribution in [0.25, 0.3) is 0 Å². The van der Waals surface area contributed by atoms with Crippen LogP contribution in [0.15, 0.2) is 53.7 Å². The topological polar surface area (TPSA) is 59.9 Å². The van der Waals surface area contributed by atoms with E-state index in [1.807, 2.05) is 0 Å². The van der Waals surface area contributed by atoms with Crippen LogP contribution in [0.4, 0.5) is 13.2 Å². The summed E-state index contributed by atoms with van der Waals surface area (Å²) in [5.74, 6) is -0.160. The first-order valence-corrected chi connectivity index (χ1v) is 7.58. The summed E-state index contributed by atoms with van der Waals surface area (Å²) in [4.78, 5) is 16.7. The van der Waals surface area contributed by atoms with Gasteiger partial charge in [0.15, 0.2) is 5.71 Å². The van der Waals surface area contributed by atoms with E-state index in [-0.39, 0.29) is 18.1 Å². The zero-order valence-corrected chi connectivity index (χ0v) is 14.1. The van der Waals surface area contributed by atoms with Gasteiger partial charge >= 0.3 is 6.18 Å². The van der Waals surface area contributed by atoms with Crippen LogP contribution in [-0.2, 0) is 22.4 Å². The second kappa shape index (κ2) is 8.37. The Morgan fingerprint density at radius 3 is 2.35 bits per heavy atom. The average molecular weight is 366 g/mol. The molecular weight excluding hydrogens is 349 g/mol. The highest BCUT2D eigenvalue weighted by Crippen LogP contribution is 2.30. The van der Waals surface area contributed by atoms with Gasteiger partial charge in [-0.1, -0.05) is 29.4 Å². The van der Waals surface area contributed by atoms with Crippen molar-refractivity contribution in [2.45, 2.75) is 12.8 Å². The second-order valence-electron chi connectivity index (χ2n) is 5.17. The zero-order valence-electron chi connectivity index (χ0n) is 14.1. The van der Waals surface area contributed by atoms with Crippen molar-refractivity contribution in [3.05, 3.63) is 65.2 Å². The molecule has 2 aromatic rings. The first kappa shape index (κ1) is 19.3. The molecule has 0 fully saturated rings.